The van der Waals surface area contributed by atoms with E-state index in [-0.39, 0.29) is 6.04 Å². The average molecular weight is 282 g/mol. The Balaban J connectivity index is 1.79. The molecule has 2 aromatic rings. The fraction of sp³-hybridized carbons (Fsp3) is 0.500. The van der Waals surface area contributed by atoms with E-state index in [2.05, 4.69) is 47.7 Å². The molecule has 0 saturated heterocycles. The Morgan fingerprint density at radius 1 is 1.14 bits per heavy atom. The fourth-order valence-corrected chi connectivity index (χ4v) is 4.02. The maximum absolute atomic E-state index is 11.4. The first-order valence-electron chi connectivity index (χ1n) is 7.84. The van der Waals surface area contributed by atoms with E-state index < -0.39 is 5.60 Å². The van der Waals surface area contributed by atoms with Crippen molar-refractivity contribution in [3.8, 4) is 11.3 Å². The number of aromatic nitrogens is 2. The summed E-state index contributed by atoms with van der Waals surface area (Å²) in [6, 6.07) is 8.44. The summed E-state index contributed by atoms with van der Waals surface area (Å²) in [4.78, 5) is 4.30. The second kappa shape index (κ2) is 4.20. The molecule has 1 aromatic heterocycles. The van der Waals surface area contributed by atoms with Gasteiger partial charge in [-0.25, -0.2) is 4.98 Å². The molecule has 2 heterocycles. The Morgan fingerprint density at radius 2 is 1.86 bits per heavy atom. The molecule has 0 amide bonds. The third-order valence-electron chi connectivity index (χ3n) is 5.45. The summed E-state index contributed by atoms with van der Waals surface area (Å²) in [6.07, 6.45) is 7.65. The van der Waals surface area contributed by atoms with Gasteiger partial charge in [0.05, 0.1) is 29.9 Å². The topological polar surface area (TPSA) is 38.1 Å². The van der Waals surface area contributed by atoms with E-state index in [1.165, 1.54) is 11.1 Å². The second-order valence-electron chi connectivity index (χ2n) is 7.44. The summed E-state index contributed by atoms with van der Waals surface area (Å²) >= 11 is 0. The molecular weight excluding hydrogens is 260 g/mol. The first-order chi connectivity index (χ1) is 10.0. The van der Waals surface area contributed by atoms with Crippen LogP contribution in [0.25, 0.3) is 11.3 Å². The number of aliphatic hydroxyl groups is 1. The molecule has 3 nitrogen and oxygen atoms in total. The number of nitrogens with zero attached hydrogens (tertiary/aromatic N) is 2. The highest BCUT2D eigenvalue weighted by atomic mass is 16.3. The maximum Gasteiger partial charge on any atom is 0.0957 e. The first-order valence-corrected chi connectivity index (χ1v) is 7.84. The monoisotopic (exact) mass is 282 g/mol. The summed E-state index contributed by atoms with van der Waals surface area (Å²) in [5.41, 5.74) is 3.30. The van der Waals surface area contributed by atoms with Crippen molar-refractivity contribution in [2.75, 3.05) is 0 Å². The van der Waals surface area contributed by atoms with Gasteiger partial charge in [-0.2, -0.15) is 0 Å². The standard InChI is InChI=1S/C18H22N2O/c1-17(2)7-9-18(21,10-8-17)16-14-6-4-3-5-13(14)15-11-19-12-20(15)16/h3-6,11-12,16,21H,7-10H2,1-2H3. The van der Waals surface area contributed by atoms with E-state index in [0.29, 0.717) is 5.41 Å². The van der Waals surface area contributed by atoms with Crippen LogP contribution in [0, 0.1) is 5.41 Å². The Hall–Kier alpha value is -1.61. The highest BCUT2D eigenvalue weighted by Crippen LogP contribution is 2.51. The molecule has 1 atom stereocenters. The molecule has 1 aromatic carbocycles. The van der Waals surface area contributed by atoms with E-state index in [1.54, 1.807) is 0 Å². The van der Waals surface area contributed by atoms with Crippen molar-refractivity contribution in [3.63, 3.8) is 0 Å². The summed E-state index contributed by atoms with van der Waals surface area (Å²) < 4.78 is 2.17. The minimum absolute atomic E-state index is 0.0160. The van der Waals surface area contributed by atoms with Crippen LogP contribution >= 0.6 is 0 Å². The van der Waals surface area contributed by atoms with Gasteiger partial charge in [-0.05, 0) is 36.7 Å². The fourth-order valence-electron chi connectivity index (χ4n) is 4.02. The van der Waals surface area contributed by atoms with Crippen LogP contribution < -0.4 is 0 Å². The van der Waals surface area contributed by atoms with Crippen LogP contribution in [0.15, 0.2) is 36.8 Å². The lowest BCUT2D eigenvalue weighted by atomic mass is 9.67. The van der Waals surface area contributed by atoms with Crippen LogP contribution in [0.2, 0.25) is 0 Å². The molecule has 1 aliphatic carbocycles. The lowest BCUT2D eigenvalue weighted by Gasteiger charge is -2.44. The number of fused-ring (bicyclic) bond motifs is 3. The SMILES string of the molecule is CC1(C)CCC(O)(C2c3ccccc3-c3cncn32)CC1. The second-order valence-corrected chi connectivity index (χ2v) is 7.44. The van der Waals surface area contributed by atoms with Crippen molar-refractivity contribution in [2.45, 2.75) is 51.2 Å². The van der Waals surface area contributed by atoms with Gasteiger partial charge in [-0.1, -0.05) is 38.1 Å². The molecule has 1 N–H and O–H groups in total. The van der Waals surface area contributed by atoms with Gasteiger partial charge in [0.1, 0.15) is 0 Å². The summed E-state index contributed by atoms with van der Waals surface area (Å²) in [5.74, 6) is 0. The van der Waals surface area contributed by atoms with E-state index in [1.807, 2.05) is 12.5 Å². The van der Waals surface area contributed by atoms with Crippen molar-refractivity contribution in [3.05, 3.63) is 42.4 Å². The molecule has 4 rings (SSSR count). The van der Waals surface area contributed by atoms with Crippen LogP contribution in [0.1, 0.15) is 51.1 Å². The largest absolute Gasteiger partial charge is 0.387 e. The number of imidazole rings is 1. The summed E-state index contributed by atoms with van der Waals surface area (Å²) in [5, 5.41) is 11.4. The minimum Gasteiger partial charge on any atom is -0.387 e. The molecule has 1 saturated carbocycles. The van der Waals surface area contributed by atoms with Gasteiger partial charge in [-0.15, -0.1) is 0 Å². The highest BCUT2D eigenvalue weighted by Gasteiger charge is 2.47. The molecule has 1 fully saturated rings. The number of rotatable bonds is 1. The quantitative estimate of drug-likeness (QED) is 0.864. The Bertz CT molecular complexity index is 676. The van der Waals surface area contributed by atoms with Crippen molar-refractivity contribution in [1.29, 1.82) is 0 Å². The third-order valence-corrected chi connectivity index (χ3v) is 5.45. The summed E-state index contributed by atoms with van der Waals surface area (Å²) in [6.45, 7) is 4.61. The van der Waals surface area contributed by atoms with Gasteiger partial charge in [-0.3, -0.25) is 0 Å². The molecule has 0 bridgehead atoms. The van der Waals surface area contributed by atoms with Crippen molar-refractivity contribution in [2.24, 2.45) is 5.41 Å². The predicted molar refractivity (Wildman–Crippen MR) is 83.0 cm³/mol. The van der Waals surface area contributed by atoms with Crippen LogP contribution in [-0.4, -0.2) is 20.3 Å². The molecule has 110 valence electrons. The molecule has 1 unspecified atom stereocenters. The molecule has 3 heteroatoms. The lowest BCUT2D eigenvalue weighted by Crippen LogP contribution is -2.43. The average Bonchev–Trinajstić information content (AvgIpc) is 3.03. The van der Waals surface area contributed by atoms with Crippen LogP contribution in [0.5, 0.6) is 0 Å². The van der Waals surface area contributed by atoms with Crippen molar-refractivity contribution < 1.29 is 5.11 Å². The maximum atomic E-state index is 11.4. The number of hydrogen-bond donors (Lipinski definition) is 1. The van der Waals surface area contributed by atoms with Gasteiger partial charge in [0.25, 0.3) is 0 Å². The molecular formula is C18H22N2O. The van der Waals surface area contributed by atoms with Crippen molar-refractivity contribution >= 4 is 0 Å². The minimum atomic E-state index is -0.655. The van der Waals surface area contributed by atoms with Crippen molar-refractivity contribution in [1.82, 2.24) is 9.55 Å². The Kier molecular flexibility index (Phi) is 2.62. The van der Waals surface area contributed by atoms with E-state index in [0.717, 1.165) is 31.4 Å². The van der Waals surface area contributed by atoms with Gasteiger partial charge < -0.3 is 9.67 Å². The van der Waals surface area contributed by atoms with E-state index in [9.17, 15) is 5.11 Å². The predicted octanol–water partition coefficient (Wildman–Crippen LogP) is 3.78. The normalized spacial score (nSPS) is 25.4. The lowest BCUT2D eigenvalue weighted by molar-refractivity contribution is -0.0529. The zero-order valence-electron chi connectivity index (χ0n) is 12.7. The van der Waals surface area contributed by atoms with Gasteiger partial charge >= 0.3 is 0 Å². The third kappa shape index (κ3) is 1.87. The highest BCUT2D eigenvalue weighted by molar-refractivity contribution is 5.69. The smallest absolute Gasteiger partial charge is 0.0957 e. The van der Waals surface area contributed by atoms with Gasteiger partial charge in [0, 0.05) is 5.56 Å². The van der Waals surface area contributed by atoms with E-state index in [4.69, 9.17) is 0 Å². The van der Waals surface area contributed by atoms with Gasteiger partial charge in [0.15, 0.2) is 0 Å². The zero-order chi connectivity index (χ0) is 14.7. The molecule has 0 spiro atoms. The number of benzene rings is 1. The van der Waals surface area contributed by atoms with Crippen LogP contribution in [-0.2, 0) is 0 Å². The Morgan fingerprint density at radius 3 is 2.62 bits per heavy atom. The van der Waals surface area contributed by atoms with Crippen LogP contribution in [0.4, 0.5) is 0 Å². The Labute approximate surface area is 125 Å². The molecule has 1 aliphatic heterocycles. The molecule has 0 radical (unpaired) electrons. The number of hydrogen-bond acceptors (Lipinski definition) is 2. The van der Waals surface area contributed by atoms with Crippen LogP contribution in [0.3, 0.4) is 0 Å². The zero-order valence-corrected chi connectivity index (χ0v) is 12.7. The molecule has 2 aliphatic rings. The van der Waals surface area contributed by atoms with E-state index >= 15 is 0 Å². The first kappa shape index (κ1) is 13.1. The summed E-state index contributed by atoms with van der Waals surface area (Å²) in [7, 11) is 0. The molecule has 21 heavy (non-hydrogen) atoms. The van der Waals surface area contributed by atoms with Gasteiger partial charge in [0.2, 0.25) is 0 Å².